The van der Waals surface area contributed by atoms with Crippen LogP contribution in [0.5, 0.6) is 0 Å². The Bertz CT molecular complexity index is 384. The SMILES string of the molecule is Cc1nnc2nc(C)ncc2n1. The number of nitrogens with zero attached hydrogens (tertiary/aromatic N) is 5. The summed E-state index contributed by atoms with van der Waals surface area (Å²) >= 11 is 0. The highest BCUT2D eigenvalue weighted by molar-refractivity contribution is 5.66. The van der Waals surface area contributed by atoms with Gasteiger partial charge >= 0.3 is 0 Å². The van der Waals surface area contributed by atoms with E-state index in [1.807, 2.05) is 0 Å². The lowest BCUT2D eigenvalue weighted by Gasteiger charge is -1.95. The Morgan fingerprint density at radius 3 is 2.67 bits per heavy atom. The molecule has 0 aliphatic heterocycles. The molecular weight excluding hydrogens is 154 g/mol. The van der Waals surface area contributed by atoms with Crippen LogP contribution in [-0.2, 0) is 0 Å². The Morgan fingerprint density at radius 1 is 1.00 bits per heavy atom. The van der Waals surface area contributed by atoms with Gasteiger partial charge in [0.15, 0.2) is 0 Å². The maximum atomic E-state index is 4.12. The molecule has 12 heavy (non-hydrogen) atoms. The lowest BCUT2D eigenvalue weighted by molar-refractivity contribution is 0.920. The highest BCUT2D eigenvalue weighted by Crippen LogP contribution is 2.02. The van der Waals surface area contributed by atoms with Gasteiger partial charge in [0.25, 0.3) is 0 Å². The van der Waals surface area contributed by atoms with Gasteiger partial charge in [-0.25, -0.2) is 15.0 Å². The quantitative estimate of drug-likeness (QED) is 0.560. The van der Waals surface area contributed by atoms with Gasteiger partial charge in [0.1, 0.15) is 17.2 Å². The van der Waals surface area contributed by atoms with Gasteiger partial charge in [0.2, 0.25) is 5.65 Å². The largest absolute Gasteiger partial charge is 0.239 e. The van der Waals surface area contributed by atoms with Gasteiger partial charge in [-0.05, 0) is 13.8 Å². The van der Waals surface area contributed by atoms with Crippen LogP contribution >= 0.6 is 0 Å². The minimum Gasteiger partial charge on any atom is -0.239 e. The topological polar surface area (TPSA) is 64.5 Å². The van der Waals surface area contributed by atoms with Crippen LogP contribution in [0.25, 0.3) is 11.2 Å². The Labute approximate surface area is 68.9 Å². The summed E-state index contributed by atoms with van der Waals surface area (Å²) in [4.78, 5) is 12.2. The molecule has 2 rings (SSSR count). The van der Waals surface area contributed by atoms with E-state index < -0.39 is 0 Å². The number of aryl methyl sites for hydroxylation is 2. The number of fused-ring (bicyclic) bond motifs is 1. The molecule has 0 saturated heterocycles. The smallest absolute Gasteiger partial charge is 0.203 e. The zero-order valence-electron chi connectivity index (χ0n) is 6.81. The van der Waals surface area contributed by atoms with Crippen molar-refractivity contribution in [2.45, 2.75) is 13.8 Å². The van der Waals surface area contributed by atoms with E-state index in [1.54, 1.807) is 20.0 Å². The summed E-state index contributed by atoms with van der Waals surface area (Å²) in [5.74, 6) is 1.32. The molecule has 0 fully saturated rings. The normalized spacial score (nSPS) is 10.5. The van der Waals surface area contributed by atoms with Crippen molar-refractivity contribution in [2.24, 2.45) is 0 Å². The number of hydrogen-bond acceptors (Lipinski definition) is 5. The Kier molecular flexibility index (Phi) is 1.43. The van der Waals surface area contributed by atoms with E-state index in [9.17, 15) is 0 Å². The van der Waals surface area contributed by atoms with E-state index in [0.29, 0.717) is 22.8 Å². The summed E-state index contributed by atoms with van der Waals surface area (Å²) in [5, 5.41) is 7.68. The standard InChI is InChI=1S/C7H7N5/c1-4-8-3-6-7(10-4)12-11-5(2)9-6/h3H,1-2H3. The van der Waals surface area contributed by atoms with Crippen LogP contribution in [0.15, 0.2) is 6.20 Å². The van der Waals surface area contributed by atoms with Crippen molar-refractivity contribution in [1.82, 2.24) is 25.1 Å². The monoisotopic (exact) mass is 161 g/mol. The van der Waals surface area contributed by atoms with Crippen LogP contribution in [0.1, 0.15) is 11.6 Å². The van der Waals surface area contributed by atoms with E-state index in [0.717, 1.165) is 0 Å². The predicted molar refractivity (Wildman–Crippen MR) is 42.4 cm³/mol. The van der Waals surface area contributed by atoms with Gasteiger partial charge in [0, 0.05) is 0 Å². The number of aromatic nitrogens is 5. The first-order chi connectivity index (χ1) is 5.75. The van der Waals surface area contributed by atoms with E-state index in [2.05, 4.69) is 25.1 Å². The summed E-state index contributed by atoms with van der Waals surface area (Å²) in [5.41, 5.74) is 1.24. The molecule has 0 N–H and O–H groups in total. The molecule has 0 amide bonds. The molecular formula is C7H7N5. The molecule has 5 heteroatoms. The second kappa shape index (κ2) is 2.44. The molecule has 0 radical (unpaired) electrons. The molecule has 0 atom stereocenters. The molecule has 0 aliphatic rings. The zero-order valence-corrected chi connectivity index (χ0v) is 6.81. The van der Waals surface area contributed by atoms with E-state index in [-0.39, 0.29) is 0 Å². The van der Waals surface area contributed by atoms with Gasteiger partial charge in [-0.1, -0.05) is 0 Å². The third-order valence-corrected chi connectivity index (χ3v) is 1.44. The summed E-state index contributed by atoms with van der Waals surface area (Å²) < 4.78 is 0. The van der Waals surface area contributed by atoms with Crippen LogP contribution in [0.4, 0.5) is 0 Å². The summed E-state index contributed by atoms with van der Waals surface area (Å²) in [6.45, 7) is 3.59. The maximum absolute atomic E-state index is 4.12. The lowest BCUT2D eigenvalue weighted by atomic mass is 10.5. The van der Waals surface area contributed by atoms with Gasteiger partial charge in [0.05, 0.1) is 6.20 Å². The molecule has 5 nitrogen and oxygen atoms in total. The first kappa shape index (κ1) is 7.02. The van der Waals surface area contributed by atoms with Crippen LogP contribution in [0.2, 0.25) is 0 Å². The third kappa shape index (κ3) is 1.09. The first-order valence-electron chi connectivity index (χ1n) is 3.56. The summed E-state index contributed by atoms with van der Waals surface area (Å²) in [7, 11) is 0. The second-order valence-corrected chi connectivity index (χ2v) is 2.49. The third-order valence-electron chi connectivity index (χ3n) is 1.44. The highest BCUT2D eigenvalue weighted by atomic mass is 15.2. The summed E-state index contributed by atoms with van der Waals surface area (Å²) in [6.07, 6.45) is 1.65. The minimum atomic E-state index is 0.549. The van der Waals surface area contributed by atoms with Crippen molar-refractivity contribution in [3.8, 4) is 0 Å². The Morgan fingerprint density at radius 2 is 1.83 bits per heavy atom. The molecule has 2 aromatic rings. The Balaban J connectivity index is 2.79. The van der Waals surface area contributed by atoms with Crippen LogP contribution in [0.3, 0.4) is 0 Å². The van der Waals surface area contributed by atoms with Crippen LogP contribution in [0, 0.1) is 13.8 Å². The molecule has 0 bridgehead atoms. The van der Waals surface area contributed by atoms with Crippen molar-refractivity contribution in [2.75, 3.05) is 0 Å². The fourth-order valence-electron chi connectivity index (χ4n) is 0.921. The molecule has 0 saturated carbocycles. The zero-order chi connectivity index (χ0) is 8.55. The Hall–Kier alpha value is -1.65. The average Bonchev–Trinajstić information content (AvgIpc) is 2.05. The van der Waals surface area contributed by atoms with Gasteiger partial charge in [-0.2, -0.15) is 0 Å². The molecule has 60 valence electrons. The van der Waals surface area contributed by atoms with Crippen molar-refractivity contribution < 1.29 is 0 Å². The van der Waals surface area contributed by atoms with E-state index in [1.165, 1.54) is 0 Å². The fourth-order valence-corrected chi connectivity index (χ4v) is 0.921. The van der Waals surface area contributed by atoms with Crippen molar-refractivity contribution in [3.05, 3.63) is 17.8 Å². The van der Waals surface area contributed by atoms with Gasteiger partial charge in [-0.15, -0.1) is 10.2 Å². The molecule has 2 aromatic heterocycles. The first-order valence-corrected chi connectivity index (χ1v) is 3.56. The van der Waals surface area contributed by atoms with Crippen LogP contribution < -0.4 is 0 Å². The molecule has 0 aliphatic carbocycles. The fraction of sp³-hybridized carbons (Fsp3) is 0.286. The van der Waals surface area contributed by atoms with E-state index in [4.69, 9.17) is 0 Å². The number of rotatable bonds is 0. The summed E-state index contributed by atoms with van der Waals surface area (Å²) in [6, 6.07) is 0. The highest BCUT2D eigenvalue weighted by Gasteiger charge is 1.99. The lowest BCUT2D eigenvalue weighted by Crippen LogP contribution is -1.97. The molecule has 0 spiro atoms. The van der Waals surface area contributed by atoms with E-state index >= 15 is 0 Å². The van der Waals surface area contributed by atoms with Gasteiger partial charge in [-0.3, -0.25) is 0 Å². The molecule has 0 aromatic carbocycles. The van der Waals surface area contributed by atoms with Gasteiger partial charge < -0.3 is 0 Å². The number of hydrogen-bond donors (Lipinski definition) is 0. The molecule has 0 unspecified atom stereocenters. The maximum Gasteiger partial charge on any atom is 0.203 e. The van der Waals surface area contributed by atoms with Crippen molar-refractivity contribution >= 4 is 11.2 Å². The molecule has 2 heterocycles. The second-order valence-electron chi connectivity index (χ2n) is 2.49. The van der Waals surface area contributed by atoms with Crippen LogP contribution in [-0.4, -0.2) is 25.1 Å². The van der Waals surface area contributed by atoms with Crippen molar-refractivity contribution in [3.63, 3.8) is 0 Å². The average molecular weight is 161 g/mol. The predicted octanol–water partition coefficient (Wildman–Crippen LogP) is 0.432. The van der Waals surface area contributed by atoms with Crippen molar-refractivity contribution in [1.29, 1.82) is 0 Å². The minimum absolute atomic E-state index is 0.549.